The average Bonchev–Trinajstić information content (AvgIpc) is 2.72. The van der Waals surface area contributed by atoms with Gasteiger partial charge in [-0.2, -0.15) is 0 Å². The molecular formula is C11H16ClNS. The van der Waals surface area contributed by atoms with Gasteiger partial charge in [0.1, 0.15) is 0 Å². The molecule has 0 amide bonds. The Hall–Kier alpha value is -0.0500. The molecule has 2 atom stereocenters. The number of thiophene rings is 1. The lowest BCUT2D eigenvalue weighted by Gasteiger charge is -2.10. The molecule has 0 bridgehead atoms. The SMILES string of the molecule is CC1CCC(NCc2ccc(Cl)s2)C1. The Labute approximate surface area is 94.5 Å². The van der Waals surface area contributed by atoms with E-state index in [1.165, 1.54) is 24.1 Å². The monoisotopic (exact) mass is 229 g/mol. The maximum Gasteiger partial charge on any atom is 0.0931 e. The minimum atomic E-state index is 0.728. The number of rotatable bonds is 3. The van der Waals surface area contributed by atoms with Crippen LogP contribution in [0.3, 0.4) is 0 Å². The van der Waals surface area contributed by atoms with Gasteiger partial charge >= 0.3 is 0 Å². The van der Waals surface area contributed by atoms with Crippen LogP contribution in [0.4, 0.5) is 0 Å². The van der Waals surface area contributed by atoms with Gasteiger partial charge in [-0.3, -0.25) is 0 Å². The minimum absolute atomic E-state index is 0.728. The van der Waals surface area contributed by atoms with Gasteiger partial charge in [0, 0.05) is 17.5 Å². The lowest BCUT2D eigenvalue weighted by atomic mass is 10.1. The molecular weight excluding hydrogens is 214 g/mol. The van der Waals surface area contributed by atoms with Crippen LogP contribution in [0.5, 0.6) is 0 Å². The van der Waals surface area contributed by atoms with Crippen molar-refractivity contribution in [2.45, 2.75) is 38.8 Å². The number of hydrogen-bond donors (Lipinski definition) is 1. The third-order valence-electron chi connectivity index (χ3n) is 2.89. The Morgan fingerprint density at radius 2 is 2.36 bits per heavy atom. The first-order valence-electron chi connectivity index (χ1n) is 5.21. The van der Waals surface area contributed by atoms with Crippen molar-refractivity contribution >= 4 is 22.9 Å². The molecule has 0 radical (unpaired) electrons. The standard InChI is InChI=1S/C11H16ClNS/c1-8-2-3-9(6-8)13-7-10-4-5-11(12)14-10/h4-5,8-9,13H,2-3,6-7H2,1H3. The Balaban J connectivity index is 1.77. The van der Waals surface area contributed by atoms with Crippen LogP contribution in [-0.2, 0) is 6.54 Å². The summed E-state index contributed by atoms with van der Waals surface area (Å²) >= 11 is 7.54. The largest absolute Gasteiger partial charge is 0.309 e. The zero-order chi connectivity index (χ0) is 9.97. The van der Waals surface area contributed by atoms with E-state index in [9.17, 15) is 0 Å². The first-order chi connectivity index (χ1) is 6.74. The zero-order valence-corrected chi connectivity index (χ0v) is 10.00. The summed E-state index contributed by atoms with van der Waals surface area (Å²) in [6.07, 6.45) is 4.04. The summed E-state index contributed by atoms with van der Waals surface area (Å²) in [5.74, 6) is 0.902. The van der Waals surface area contributed by atoms with Gasteiger partial charge in [-0.05, 0) is 37.3 Å². The van der Waals surface area contributed by atoms with Crippen molar-refractivity contribution in [3.05, 3.63) is 21.3 Å². The molecule has 0 saturated heterocycles. The van der Waals surface area contributed by atoms with Gasteiger partial charge < -0.3 is 5.32 Å². The second-order valence-corrected chi connectivity index (χ2v) is 6.00. The molecule has 3 heteroatoms. The van der Waals surface area contributed by atoms with Crippen LogP contribution in [-0.4, -0.2) is 6.04 Å². The Bertz CT molecular complexity index is 297. The fourth-order valence-electron chi connectivity index (χ4n) is 2.08. The molecule has 1 aromatic heterocycles. The summed E-state index contributed by atoms with van der Waals surface area (Å²) in [6.45, 7) is 3.32. The van der Waals surface area contributed by atoms with Crippen molar-refractivity contribution in [3.8, 4) is 0 Å². The fourth-order valence-corrected chi connectivity index (χ4v) is 3.12. The molecule has 78 valence electrons. The number of nitrogens with one attached hydrogen (secondary N) is 1. The van der Waals surface area contributed by atoms with Crippen LogP contribution in [0.25, 0.3) is 0 Å². The normalized spacial score (nSPS) is 27.0. The smallest absolute Gasteiger partial charge is 0.0931 e. The summed E-state index contributed by atoms with van der Waals surface area (Å²) in [7, 11) is 0. The van der Waals surface area contributed by atoms with Gasteiger partial charge in [0.05, 0.1) is 4.34 Å². The van der Waals surface area contributed by atoms with Crippen LogP contribution < -0.4 is 5.32 Å². The van der Waals surface area contributed by atoms with E-state index in [-0.39, 0.29) is 0 Å². The molecule has 14 heavy (non-hydrogen) atoms. The quantitative estimate of drug-likeness (QED) is 0.834. The Morgan fingerprint density at radius 1 is 1.50 bits per heavy atom. The predicted molar refractivity (Wildman–Crippen MR) is 63.0 cm³/mol. The molecule has 1 aromatic rings. The molecule has 2 rings (SSSR count). The number of hydrogen-bond acceptors (Lipinski definition) is 2. The summed E-state index contributed by atoms with van der Waals surface area (Å²) in [5, 5.41) is 3.59. The molecule has 1 N–H and O–H groups in total. The van der Waals surface area contributed by atoms with Crippen LogP contribution >= 0.6 is 22.9 Å². The maximum absolute atomic E-state index is 5.87. The molecule has 0 aromatic carbocycles. The molecule has 1 aliphatic carbocycles. The zero-order valence-electron chi connectivity index (χ0n) is 8.42. The van der Waals surface area contributed by atoms with E-state index < -0.39 is 0 Å². The molecule has 0 spiro atoms. The van der Waals surface area contributed by atoms with Gasteiger partial charge in [-0.1, -0.05) is 18.5 Å². The van der Waals surface area contributed by atoms with E-state index in [4.69, 9.17) is 11.6 Å². The lowest BCUT2D eigenvalue weighted by molar-refractivity contribution is 0.504. The van der Waals surface area contributed by atoms with Gasteiger partial charge in [-0.15, -0.1) is 11.3 Å². The Morgan fingerprint density at radius 3 is 2.93 bits per heavy atom. The van der Waals surface area contributed by atoms with Crippen LogP contribution in [0, 0.1) is 5.92 Å². The van der Waals surface area contributed by atoms with Crippen molar-refractivity contribution in [2.24, 2.45) is 5.92 Å². The van der Waals surface area contributed by atoms with Crippen LogP contribution in [0.15, 0.2) is 12.1 Å². The molecule has 1 nitrogen and oxygen atoms in total. The fraction of sp³-hybridized carbons (Fsp3) is 0.636. The van der Waals surface area contributed by atoms with Crippen molar-refractivity contribution in [2.75, 3.05) is 0 Å². The van der Waals surface area contributed by atoms with Crippen molar-refractivity contribution in [3.63, 3.8) is 0 Å². The van der Waals surface area contributed by atoms with E-state index in [1.54, 1.807) is 11.3 Å². The first kappa shape index (κ1) is 10.5. The summed E-state index contributed by atoms with van der Waals surface area (Å²) in [4.78, 5) is 1.34. The van der Waals surface area contributed by atoms with Crippen LogP contribution in [0.2, 0.25) is 4.34 Å². The molecule has 0 aliphatic heterocycles. The molecule has 1 aliphatic rings. The highest BCUT2D eigenvalue weighted by molar-refractivity contribution is 7.16. The highest BCUT2D eigenvalue weighted by Gasteiger charge is 2.20. The second-order valence-electron chi connectivity index (χ2n) is 4.20. The summed E-state index contributed by atoms with van der Waals surface area (Å²) < 4.78 is 0.890. The van der Waals surface area contributed by atoms with Crippen LogP contribution in [0.1, 0.15) is 31.1 Å². The van der Waals surface area contributed by atoms with E-state index in [0.29, 0.717) is 0 Å². The molecule has 2 unspecified atom stereocenters. The topological polar surface area (TPSA) is 12.0 Å². The average molecular weight is 230 g/mol. The second kappa shape index (κ2) is 4.65. The van der Waals surface area contributed by atoms with Gasteiger partial charge in [-0.25, -0.2) is 0 Å². The Kier molecular flexibility index (Phi) is 3.47. The molecule has 1 saturated carbocycles. The van der Waals surface area contributed by atoms with E-state index >= 15 is 0 Å². The van der Waals surface area contributed by atoms with Crippen molar-refractivity contribution in [1.82, 2.24) is 5.32 Å². The van der Waals surface area contributed by atoms with Crippen molar-refractivity contribution < 1.29 is 0 Å². The molecule has 1 fully saturated rings. The maximum atomic E-state index is 5.87. The van der Waals surface area contributed by atoms with Gasteiger partial charge in [0.25, 0.3) is 0 Å². The lowest BCUT2D eigenvalue weighted by Crippen LogP contribution is -2.25. The highest BCUT2D eigenvalue weighted by Crippen LogP contribution is 2.26. The summed E-state index contributed by atoms with van der Waals surface area (Å²) in [5.41, 5.74) is 0. The minimum Gasteiger partial charge on any atom is -0.309 e. The first-order valence-corrected chi connectivity index (χ1v) is 6.41. The van der Waals surface area contributed by atoms with E-state index in [1.807, 2.05) is 6.07 Å². The van der Waals surface area contributed by atoms with Gasteiger partial charge in [0.15, 0.2) is 0 Å². The number of halogens is 1. The predicted octanol–water partition coefficient (Wildman–Crippen LogP) is 3.68. The third kappa shape index (κ3) is 2.72. The third-order valence-corrected chi connectivity index (χ3v) is 4.12. The van der Waals surface area contributed by atoms with E-state index in [0.717, 1.165) is 22.8 Å². The van der Waals surface area contributed by atoms with E-state index in [2.05, 4.69) is 18.3 Å². The highest BCUT2D eigenvalue weighted by atomic mass is 35.5. The van der Waals surface area contributed by atoms with Gasteiger partial charge in [0.2, 0.25) is 0 Å². The summed E-state index contributed by atoms with van der Waals surface area (Å²) in [6, 6.07) is 4.81. The molecule has 1 heterocycles. The van der Waals surface area contributed by atoms with Crippen molar-refractivity contribution in [1.29, 1.82) is 0 Å².